The normalized spacial score (nSPS) is 13.1. The van der Waals surface area contributed by atoms with Gasteiger partial charge in [0.2, 0.25) is 0 Å². The van der Waals surface area contributed by atoms with Crippen molar-refractivity contribution in [2.45, 2.75) is 57.8 Å². The smallest absolute Gasteiger partial charge is 0.150 e. The first kappa shape index (κ1) is 24.9. The zero-order valence-corrected chi connectivity index (χ0v) is 21.8. The van der Waals surface area contributed by atoms with Crippen molar-refractivity contribution in [3.05, 3.63) is 107 Å². The second-order valence-electron chi connectivity index (χ2n) is 10.3. The minimum atomic E-state index is -0.0197. The largest absolute Gasteiger partial charge is 0.298 e. The maximum Gasteiger partial charge on any atom is 0.150 e. The molecular weight excluding hydrogens is 452 g/mol. The molecule has 4 aromatic rings. The monoisotopic (exact) mass is 486 g/mol. The summed E-state index contributed by atoms with van der Waals surface area (Å²) in [5.41, 5.74) is 11.6. The van der Waals surface area contributed by atoms with Gasteiger partial charge in [0.25, 0.3) is 0 Å². The first-order valence-electron chi connectivity index (χ1n) is 13.5. The molecule has 0 aliphatic heterocycles. The highest BCUT2D eigenvalue weighted by molar-refractivity contribution is 5.87. The molecule has 0 heterocycles. The SMILES string of the molecule is CCCCC1(CCCC)c2cc(-c3ccc(C=O)cc3)ccc2-c2ccc(-c3ccc(C=O)cc3)cc21. The van der Waals surface area contributed by atoms with Crippen molar-refractivity contribution in [3.63, 3.8) is 0 Å². The summed E-state index contributed by atoms with van der Waals surface area (Å²) in [6.45, 7) is 4.56. The summed E-state index contributed by atoms with van der Waals surface area (Å²) in [7, 11) is 0. The van der Waals surface area contributed by atoms with Gasteiger partial charge in [-0.2, -0.15) is 0 Å². The van der Waals surface area contributed by atoms with Crippen molar-refractivity contribution in [1.29, 1.82) is 0 Å². The molecule has 0 saturated heterocycles. The fourth-order valence-corrected chi connectivity index (χ4v) is 5.98. The van der Waals surface area contributed by atoms with Gasteiger partial charge in [0.1, 0.15) is 12.6 Å². The summed E-state index contributed by atoms with van der Waals surface area (Å²) in [5, 5.41) is 0. The fraction of sp³-hybridized carbons (Fsp3) is 0.257. The highest BCUT2D eigenvalue weighted by Gasteiger charge is 2.42. The van der Waals surface area contributed by atoms with Gasteiger partial charge < -0.3 is 0 Å². The Morgan fingerprint density at radius 3 is 1.27 bits per heavy atom. The van der Waals surface area contributed by atoms with E-state index in [1.54, 1.807) is 0 Å². The van der Waals surface area contributed by atoms with E-state index in [2.05, 4.69) is 74.5 Å². The van der Waals surface area contributed by atoms with Crippen LogP contribution in [0.2, 0.25) is 0 Å². The van der Waals surface area contributed by atoms with Crippen molar-refractivity contribution >= 4 is 12.6 Å². The molecule has 2 heteroatoms. The van der Waals surface area contributed by atoms with Crippen LogP contribution in [0, 0.1) is 0 Å². The van der Waals surface area contributed by atoms with E-state index in [4.69, 9.17) is 0 Å². The molecule has 0 unspecified atom stereocenters. The van der Waals surface area contributed by atoms with Gasteiger partial charge in [-0.1, -0.05) is 112 Å². The van der Waals surface area contributed by atoms with Crippen LogP contribution in [0.25, 0.3) is 33.4 Å². The zero-order valence-electron chi connectivity index (χ0n) is 21.8. The third kappa shape index (κ3) is 4.57. The Balaban J connectivity index is 1.67. The summed E-state index contributed by atoms with van der Waals surface area (Å²) >= 11 is 0. The first-order chi connectivity index (χ1) is 18.1. The van der Waals surface area contributed by atoms with Crippen LogP contribution in [0.15, 0.2) is 84.9 Å². The average Bonchev–Trinajstić information content (AvgIpc) is 3.23. The number of fused-ring (bicyclic) bond motifs is 3. The lowest BCUT2D eigenvalue weighted by atomic mass is 9.70. The van der Waals surface area contributed by atoms with Crippen LogP contribution < -0.4 is 0 Å². The van der Waals surface area contributed by atoms with E-state index in [-0.39, 0.29) is 5.41 Å². The standard InChI is InChI=1S/C35H34O2/c1-3-5-19-35(20-6-4-2)33-21-29(27-11-7-25(23-36)8-12-27)15-17-31(33)32-18-16-30(22-34(32)35)28-13-9-26(24-37)10-14-28/h7-18,21-24H,3-6,19-20H2,1-2H3. The molecule has 5 rings (SSSR count). The van der Waals surface area contributed by atoms with E-state index in [1.807, 2.05) is 24.3 Å². The summed E-state index contributed by atoms with van der Waals surface area (Å²) < 4.78 is 0. The zero-order chi connectivity index (χ0) is 25.8. The molecule has 1 aliphatic rings. The van der Waals surface area contributed by atoms with Gasteiger partial charge in [-0.3, -0.25) is 9.59 Å². The molecular formula is C35H34O2. The van der Waals surface area contributed by atoms with E-state index in [1.165, 1.54) is 46.2 Å². The van der Waals surface area contributed by atoms with E-state index in [0.717, 1.165) is 49.4 Å². The quantitative estimate of drug-likeness (QED) is 0.209. The van der Waals surface area contributed by atoms with Crippen molar-refractivity contribution < 1.29 is 9.59 Å². The molecule has 0 spiro atoms. The number of benzene rings is 4. The average molecular weight is 487 g/mol. The lowest BCUT2D eigenvalue weighted by Gasteiger charge is -2.33. The third-order valence-electron chi connectivity index (χ3n) is 8.03. The highest BCUT2D eigenvalue weighted by Crippen LogP contribution is 2.55. The molecule has 0 aromatic heterocycles. The van der Waals surface area contributed by atoms with Crippen LogP contribution in [-0.4, -0.2) is 12.6 Å². The Labute approximate surface area is 220 Å². The summed E-state index contributed by atoms with van der Waals surface area (Å²) in [6, 6.07) is 29.7. The van der Waals surface area contributed by atoms with Crippen molar-refractivity contribution in [2.75, 3.05) is 0 Å². The predicted octanol–water partition coefficient (Wildman–Crippen LogP) is 9.29. The van der Waals surface area contributed by atoms with E-state index >= 15 is 0 Å². The number of carbonyl (C=O) groups excluding carboxylic acids is 2. The molecule has 37 heavy (non-hydrogen) atoms. The molecule has 1 aliphatic carbocycles. The Bertz CT molecular complexity index is 1300. The number of hydrogen-bond acceptors (Lipinski definition) is 2. The minimum Gasteiger partial charge on any atom is -0.298 e. The van der Waals surface area contributed by atoms with E-state index < -0.39 is 0 Å². The lowest BCUT2D eigenvalue weighted by Crippen LogP contribution is -2.25. The van der Waals surface area contributed by atoms with Crippen molar-refractivity contribution in [1.82, 2.24) is 0 Å². The number of hydrogen-bond donors (Lipinski definition) is 0. The molecule has 0 N–H and O–H groups in total. The lowest BCUT2D eigenvalue weighted by molar-refractivity contribution is 0.111. The number of rotatable bonds is 10. The van der Waals surface area contributed by atoms with Crippen LogP contribution in [0.1, 0.15) is 84.2 Å². The predicted molar refractivity (Wildman–Crippen MR) is 153 cm³/mol. The van der Waals surface area contributed by atoms with Gasteiger partial charge in [-0.25, -0.2) is 0 Å². The van der Waals surface area contributed by atoms with Crippen LogP contribution in [0.4, 0.5) is 0 Å². The molecule has 0 amide bonds. The van der Waals surface area contributed by atoms with Gasteiger partial charge in [0.15, 0.2) is 0 Å². The molecule has 4 aromatic carbocycles. The Kier molecular flexibility index (Phi) is 7.19. The Hall–Kier alpha value is -3.78. The van der Waals surface area contributed by atoms with Crippen molar-refractivity contribution in [3.8, 4) is 33.4 Å². The van der Waals surface area contributed by atoms with Gasteiger partial charge in [0, 0.05) is 16.5 Å². The van der Waals surface area contributed by atoms with Gasteiger partial charge >= 0.3 is 0 Å². The van der Waals surface area contributed by atoms with Crippen molar-refractivity contribution in [2.24, 2.45) is 0 Å². The Morgan fingerprint density at radius 2 is 0.919 bits per heavy atom. The fourth-order valence-electron chi connectivity index (χ4n) is 5.98. The molecule has 0 radical (unpaired) electrons. The van der Waals surface area contributed by atoms with Crippen LogP contribution >= 0.6 is 0 Å². The molecule has 2 nitrogen and oxygen atoms in total. The molecule has 186 valence electrons. The summed E-state index contributed by atoms with van der Waals surface area (Å²) in [4.78, 5) is 22.3. The first-order valence-corrected chi connectivity index (χ1v) is 13.5. The number of unbranched alkanes of at least 4 members (excludes halogenated alkanes) is 2. The van der Waals surface area contributed by atoms with Gasteiger partial charge in [0.05, 0.1) is 0 Å². The maximum absolute atomic E-state index is 11.2. The molecule has 0 atom stereocenters. The van der Waals surface area contributed by atoms with Crippen LogP contribution in [0.5, 0.6) is 0 Å². The topological polar surface area (TPSA) is 34.1 Å². The Morgan fingerprint density at radius 1 is 0.541 bits per heavy atom. The minimum absolute atomic E-state index is 0.0197. The number of carbonyl (C=O) groups is 2. The molecule has 0 bridgehead atoms. The van der Waals surface area contributed by atoms with Crippen LogP contribution in [-0.2, 0) is 5.41 Å². The summed E-state index contributed by atoms with van der Waals surface area (Å²) in [6.07, 6.45) is 8.74. The second kappa shape index (κ2) is 10.7. The second-order valence-corrected chi connectivity index (χ2v) is 10.3. The molecule has 0 saturated carbocycles. The third-order valence-corrected chi connectivity index (χ3v) is 8.03. The molecule has 0 fully saturated rings. The summed E-state index contributed by atoms with van der Waals surface area (Å²) in [5.74, 6) is 0. The van der Waals surface area contributed by atoms with Gasteiger partial charge in [-0.05, 0) is 69.5 Å². The van der Waals surface area contributed by atoms with E-state index in [0.29, 0.717) is 11.1 Å². The highest BCUT2D eigenvalue weighted by atomic mass is 16.1. The number of aldehydes is 2. The van der Waals surface area contributed by atoms with Crippen LogP contribution in [0.3, 0.4) is 0 Å². The maximum atomic E-state index is 11.2. The van der Waals surface area contributed by atoms with E-state index in [9.17, 15) is 9.59 Å². The van der Waals surface area contributed by atoms with Gasteiger partial charge in [-0.15, -0.1) is 0 Å².